The van der Waals surface area contributed by atoms with Crippen molar-refractivity contribution in [3.8, 4) is 0 Å². The van der Waals surface area contributed by atoms with Gasteiger partial charge in [0.2, 0.25) is 0 Å². The summed E-state index contributed by atoms with van der Waals surface area (Å²) in [6.45, 7) is 4.27. The van der Waals surface area contributed by atoms with Gasteiger partial charge in [-0.2, -0.15) is 0 Å². The minimum atomic E-state index is -0.237. The van der Waals surface area contributed by atoms with Gasteiger partial charge in [0, 0.05) is 24.3 Å². The number of benzene rings is 1. The van der Waals surface area contributed by atoms with Gasteiger partial charge in [0.15, 0.2) is 0 Å². The number of hydrogen-bond acceptors (Lipinski definition) is 3. The molecule has 1 aliphatic rings. The number of rotatable bonds is 3. The zero-order valence-electron chi connectivity index (χ0n) is 13.4. The Balaban J connectivity index is 1.74. The van der Waals surface area contributed by atoms with Gasteiger partial charge in [0.05, 0.1) is 28.2 Å². The van der Waals surface area contributed by atoms with Crippen molar-refractivity contribution >= 4 is 40.5 Å². The Labute approximate surface area is 151 Å². The average molecular weight is 364 g/mol. The highest BCUT2D eigenvalue weighted by atomic mass is 35.5. The number of carbonyl (C=O) groups is 1. The van der Waals surface area contributed by atoms with Crippen LogP contribution in [0.2, 0.25) is 10.0 Å². The van der Waals surface area contributed by atoms with E-state index in [9.17, 15) is 4.79 Å². The summed E-state index contributed by atoms with van der Waals surface area (Å²) in [6.07, 6.45) is 5.70. The quantitative estimate of drug-likeness (QED) is 0.845. The summed E-state index contributed by atoms with van der Waals surface area (Å²) in [5, 5.41) is 3.74. The van der Waals surface area contributed by atoms with Crippen LogP contribution in [0.15, 0.2) is 36.7 Å². The predicted molar refractivity (Wildman–Crippen MR) is 99.3 cm³/mol. The van der Waals surface area contributed by atoms with Crippen LogP contribution in [-0.2, 0) is 0 Å². The van der Waals surface area contributed by atoms with Crippen molar-refractivity contribution in [3.05, 3.63) is 52.3 Å². The van der Waals surface area contributed by atoms with Crippen molar-refractivity contribution in [2.45, 2.75) is 19.8 Å². The van der Waals surface area contributed by atoms with Gasteiger partial charge >= 0.3 is 0 Å². The van der Waals surface area contributed by atoms with Crippen LogP contribution < -0.4 is 10.2 Å². The molecule has 0 atom stereocenters. The molecule has 2 heterocycles. The first-order valence-electron chi connectivity index (χ1n) is 7.99. The second kappa shape index (κ2) is 7.41. The van der Waals surface area contributed by atoms with Crippen molar-refractivity contribution in [3.63, 3.8) is 0 Å². The number of carbonyl (C=O) groups excluding carboxylic acids is 1. The molecule has 2 aromatic rings. The number of amides is 1. The summed E-state index contributed by atoms with van der Waals surface area (Å²) in [4.78, 5) is 19.0. The smallest absolute Gasteiger partial charge is 0.257 e. The van der Waals surface area contributed by atoms with Gasteiger partial charge in [-0.15, -0.1) is 0 Å². The lowest BCUT2D eigenvalue weighted by Crippen LogP contribution is -2.33. The fourth-order valence-electron chi connectivity index (χ4n) is 2.78. The van der Waals surface area contributed by atoms with Crippen molar-refractivity contribution in [2.24, 2.45) is 5.92 Å². The van der Waals surface area contributed by atoms with E-state index in [1.54, 1.807) is 24.4 Å². The third kappa shape index (κ3) is 4.00. The molecule has 0 aliphatic carbocycles. The minimum Gasteiger partial charge on any atom is -0.370 e. The summed E-state index contributed by atoms with van der Waals surface area (Å²) in [6, 6.07) is 6.85. The molecule has 6 heteroatoms. The number of halogens is 2. The lowest BCUT2D eigenvalue weighted by Gasteiger charge is -2.32. The average Bonchev–Trinajstić information content (AvgIpc) is 2.58. The van der Waals surface area contributed by atoms with E-state index in [1.807, 2.05) is 12.3 Å². The van der Waals surface area contributed by atoms with Crippen LogP contribution in [0.1, 0.15) is 30.1 Å². The van der Waals surface area contributed by atoms with Crippen LogP contribution in [0.5, 0.6) is 0 Å². The summed E-state index contributed by atoms with van der Waals surface area (Å²) in [5.41, 5.74) is 2.03. The Hall–Kier alpha value is -1.78. The maximum Gasteiger partial charge on any atom is 0.257 e. The molecule has 1 saturated heterocycles. The van der Waals surface area contributed by atoms with Crippen molar-refractivity contribution in [1.29, 1.82) is 0 Å². The number of piperidine rings is 1. The molecular formula is C18H19Cl2N3O. The van der Waals surface area contributed by atoms with E-state index < -0.39 is 0 Å². The lowest BCUT2D eigenvalue weighted by molar-refractivity contribution is 0.102. The predicted octanol–water partition coefficient (Wildman–Crippen LogP) is 4.88. The molecule has 0 unspecified atom stereocenters. The van der Waals surface area contributed by atoms with Gasteiger partial charge in [-0.25, -0.2) is 0 Å². The van der Waals surface area contributed by atoms with Crippen LogP contribution in [0.4, 0.5) is 11.4 Å². The Bertz CT molecular complexity index is 743. The summed E-state index contributed by atoms with van der Waals surface area (Å²) in [7, 11) is 0. The molecule has 4 nitrogen and oxygen atoms in total. The molecule has 1 N–H and O–H groups in total. The second-order valence-electron chi connectivity index (χ2n) is 6.18. The first-order chi connectivity index (χ1) is 11.5. The van der Waals surface area contributed by atoms with Gasteiger partial charge in [0.1, 0.15) is 0 Å². The van der Waals surface area contributed by atoms with Gasteiger partial charge in [-0.1, -0.05) is 30.1 Å². The molecule has 0 radical (unpaired) electrons. The molecular weight excluding hydrogens is 345 g/mol. The monoisotopic (exact) mass is 363 g/mol. The lowest BCUT2D eigenvalue weighted by atomic mass is 9.99. The van der Waals surface area contributed by atoms with Gasteiger partial charge < -0.3 is 10.2 Å². The highest BCUT2D eigenvalue weighted by molar-refractivity contribution is 6.36. The Morgan fingerprint density at radius 3 is 2.67 bits per heavy atom. The maximum absolute atomic E-state index is 12.5. The number of hydrogen-bond donors (Lipinski definition) is 1. The van der Waals surface area contributed by atoms with Crippen LogP contribution in [0, 0.1) is 5.92 Å². The van der Waals surface area contributed by atoms with Crippen molar-refractivity contribution in [2.75, 3.05) is 23.3 Å². The van der Waals surface area contributed by atoms with E-state index in [2.05, 4.69) is 22.1 Å². The van der Waals surface area contributed by atoms with E-state index in [-0.39, 0.29) is 5.91 Å². The second-order valence-corrected chi connectivity index (χ2v) is 7.02. The topological polar surface area (TPSA) is 45.2 Å². The molecule has 1 amide bonds. The third-order valence-corrected chi connectivity index (χ3v) is 4.86. The van der Waals surface area contributed by atoms with Crippen LogP contribution >= 0.6 is 23.2 Å². The molecule has 0 saturated carbocycles. The maximum atomic E-state index is 12.5. The summed E-state index contributed by atoms with van der Waals surface area (Å²) >= 11 is 12.0. The molecule has 1 aromatic carbocycles. The number of anilines is 2. The van der Waals surface area contributed by atoms with Gasteiger partial charge in [-0.05, 0) is 43.0 Å². The zero-order chi connectivity index (χ0) is 17.1. The number of nitrogens with zero attached hydrogens (tertiary/aromatic N) is 2. The normalized spacial score (nSPS) is 15.4. The Morgan fingerprint density at radius 1 is 1.21 bits per heavy atom. The molecule has 1 aliphatic heterocycles. The summed E-state index contributed by atoms with van der Waals surface area (Å²) in [5.74, 6) is 0.520. The van der Waals surface area contributed by atoms with E-state index >= 15 is 0 Å². The van der Waals surface area contributed by atoms with Crippen LogP contribution in [0.25, 0.3) is 0 Å². The van der Waals surface area contributed by atoms with E-state index in [0.717, 1.165) is 37.5 Å². The standard InChI is InChI=1S/C18H19Cl2N3O/c1-12-4-6-23(7-5-12)15-8-13(10-21-11-15)18(24)22-17-3-2-14(19)9-16(17)20/h2-3,8-12H,4-7H2,1H3,(H,22,24). The SMILES string of the molecule is CC1CCN(c2cncc(C(=O)Nc3ccc(Cl)cc3Cl)c2)CC1. The van der Waals surface area contributed by atoms with E-state index in [4.69, 9.17) is 23.2 Å². The number of pyridine rings is 1. The largest absolute Gasteiger partial charge is 0.370 e. The molecule has 1 fully saturated rings. The minimum absolute atomic E-state index is 0.237. The zero-order valence-corrected chi connectivity index (χ0v) is 14.9. The molecule has 0 spiro atoms. The number of nitrogens with one attached hydrogen (secondary N) is 1. The van der Waals surface area contributed by atoms with Gasteiger partial charge in [0.25, 0.3) is 5.91 Å². The number of aromatic nitrogens is 1. The third-order valence-electron chi connectivity index (χ3n) is 4.31. The highest BCUT2D eigenvalue weighted by Crippen LogP contribution is 2.27. The molecule has 0 bridgehead atoms. The summed E-state index contributed by atoms with van der Waals surface area (Å²) < 4.78 is 0. The van der Waals surface area contributed by atoms with E-state index in [0.29, 0.717) is 21.3 Å². The highest BCUT2D eigenvalue weighted by Gasteiger charge is 2.18. The molecule has 24 heavy (non-hydrogen) atoms. The molecule has 1 aromatic heterocycles. The first-order valence-corrected chi connectivity index (χ1v) is 8.75. The van der Waals surface area contributed by atoms with Crippen LogP contribution in [0.3, 0.4) is 0 Å². The molecule has 3 rings (SSSR count). The first kappa shape index (κ1) is 17.1. The molecule has 126 valence electrons. The fraction of sp³-hybridized carbons (Fsp3) is 0.333. The Kier molecular flexibility index (Phi) is 5.27. The van der Waals surface area contributed by atoms with Crippen molar-refractivity contribution < 1.29 is 4.79 Å². The van der Waals surface area contributed by atoms with Gasteiger partial charge in [-0.3, -0.25) is 9.78 Å². The van der Waals surface area contributed by atoms with Crippen LogP contribution in [-0.4, -0.2) is 24.0 Å². The fourth-order valence-corrected chi connectivity index (χ4v) is 3.23. The van der Waals surface area contributed by atoms with Crippen molar-refractivity contribution in [1.82, 2.24) is 4.98 Å². The van der Waals surface area contributed by atoms with E-state index in [1.165, 1.54) is 0 Å². The Morgan fingerprint density at radius 2 is 1.96 bits per heavy atom.